The molecular weight excluding hydrogens is 322 g/mol. The molecule has 0 spiro atoms. The summed E-state index contributed by atoms with van der Waals surface area (Å²) in [6.07, 6.45) is 0.987. The Morgan fingerprint density at radius 2 is 1.74 bits per heavy atom. The van der Waals surface area contributed by atoms with Gasteiger partial charge in [-0.1, -0.05) is 0 Å². The van der Waals surface area contributed by atoms with Gasteiger partial charge >= 0.3 is 5.97 Å². The fourth-order valence-electron chi connectivity index (χ4n) is 2.68. The highest BCUT2D eigenvalue weighted by Gasteiger charge is 2.37. The van der Waals surface area contributed by atoms with E-state index in [4.69, 9.17) is 9.47 Å². The van der Waals surface area contributed by atoms with E-state index >= 15 is 0 Å². The zero-order chi connectivity index (χ0) is 17.2. The molecule has 1 saturated heterocycles. The molecule has 23 heavy (non-hydrogen) atoms. The minimum Gasteiger partial charge on any atom is -0.497 e. The van der Waals surface area contributed by atoms with Crippen LogP contribution in [0.1, 0.15) is 19.8 Å². The molecule has 0 bridgehead atoms. The average molecular weight is 343 g/mol. The maximum atomic E-state index is 12.9. The number of rotatable bonds is 5. The third kappa shape index (κ3) is 3.59. The number of hydrogen-bond donors (Lipinski definition) is 1. The zero-order valence-electron chi connectivity index (χ0n) is 13.4. The van der Waals surface area contributed by atoms with E-state index in [2.05, 4.69) is 0 Å². The molecular formula is C15H21NO6S. The van der Waals surface area contributed by atoms with Gasteiger partial charge in [-0.15, -0.1) is 0 Å². The summed E-state index contributed by atoms with van der Waals surface area (Å²) < 4.78 is 37.3. The molecule has 7 nitrogen and oxygen atoms in total. The van der Waals surface area contributed by atoms with Crippen molar-refractivity contribution in [3.63, 3.8) is 0 Å². The summed E-state index contributed by atoms with van der Waals surface area (Å²) in [4.78, 5) is 11.2. The molecule has 1 fully saturated rings. The molecule has 0 saturated carbocycles. The smallest absolute Gasteiger partial charge is 0.307 e. The predicted octanol–water partition coefficient (Wildman–Crippen LogP) is 1.58. The third-order valence-electron chi connectivity index (χ3n) is 4.11. The minimum absolute atomic E-state index is 0.0294. The molecule has 128 valence electrons. The molecule has 2 atom stereocenters. The van der Waals surface area contributed by atoms with Crippen LogP contribution in [-0.4, -0.2) is 50.6 Å². The molecule has 2 rings (SSSR count). The number of hydrogen-bond acceptors (Lipinski definition) is 5. The summed E-state index contributed by atoms with van der Waals surface area (Å²) in [6, 6.07) is 4.15. The lowest BCUT2D eigenvalue weighted by atomic mass is 9.96. The third-order valence-corrected chi connectivity index (χ3v) is 6.06. The van der Waals surface area contributed by atoms with Crippen LogP contribution in [-0.2, 0) is 14.8 Å². The van der Waals surface area contributed by atoms with Gasteiger partial charge in [0.1, 0.15) is 11.5 Å². The first-order valence-electron chi connectivity index (χ1n) is 7.27. The fourth-order valence-corrected chi connectivity index (χ4v) is 4.43. The van der Waals surface area contributed by atoms with Gasteiger partial charge in [-0.05, 0) is 19.8 Å². The molecule has 0 aliphatic carbocycles. The number of nitrogens with zero attached hydrogens (tertiary/aromatic N) is 1. The van der Waals surface area contributed by atoms with Crippen LogP contribution in [0.5, 0.6) is 11.5 Å². The molecule has 1 aromatic carbocycles. The van der Waals surface area contributed by atoms with Gasteiger partial charge in [0.2, 0.25) is 10.0 Å². The van der Waals surface area contributed by atoms with E-state index in [0.29, 0.717) is 24.3 Å². The van der Waals surface area contributed by atoms with Crippen molar-refractivity contribution in [2.24, 2.45) is 5.92 Å². The normalized spacial score (nSPS) is 22.6. The highest BCUT2D eigenvalue weighted by atomic mass is 32.2. The van der Waals surface area contributed by atoms with Crippen LogP contribution in [0.3, 0.4) is 0 Å². The van der Waals surface area contributed by atoms with Crippen molar-refractivity contribution in [3.05, 3.63) is 18.2 Å². The van der Waals surface area contributed by atoms with Crippen LogP contribution >= 0.6 is 0 Å². The Balaban J connectivity index is 2.42. The minimum atomic E-state index is -3.83. The molecule has 0 radical (unpaired) electrons. The molecule has 1 aromatic rings. The lowest BCUT2D eigenvalue weighted by Gasteiger charge is -2.35. The van der Waals surface area contributed by atoms with Crippen LogP contribution < -0.4 is 9.47 Å². The number of piperidine rings is 1. The first-order valence-corrected chi connectivity index (χ1v) is 8.71. The van der Waals surface area contributed by atoms with Crippen molar-refractivity contribution in [3.8, 4) is 11.5 Å². The van der Waals surface area contributed by atoms with Crippen LogP contribution in [0.2, 0.25) is 0 Å². The van der Waals surface area contributed by atoms with Gasteiger partial charge < -0.3 is 14.6 Å². The summed E-state index contributed by atoms with van der Waals surface area (Å²) in [5, 5.41) is 9.18. The van der Waals surface area contributed by atoms with Gasteiger partial charge in [0, 0.05) is 30.8 Å². The maximum Gasteiger partial charge on any atom is 0.307 e. The molecule has 1 aliphatic heterocycles. The number of carbonyl (C=O) groups is 1. The predicted molar refractivity (Wildman–Crippen MR) is 83.3 cm³/mol. The van der Waals surface area contributed by atoms with Crippen molar-refractivity contribution >= 4 is 16.0 Å². The van der Waals surface area contributed by atoms with Crippen LogP contribution in [0, 0.1) is 5.92 Å². The largest absolute Gasteiger partial charge is 0.497 e. The summed E-state index contributed by atoms with van der Waals surface area (Å²) in [5.74, 6) is -0.932. The maximum absolute atomic E-state index is 12.9. The lowest BCUT2D eigenvalue weighted by Crippen LogP contribution is -2.47. The van der Waals surface area contributed by atoms with Gasteiger partial charge in [0.25, 0.3) is 0 Å². The second-order valence-corrected chi connectivity index (χ2v) is 7.48. The number of aliphatic carboxylic acids is 1. The second-order valence-electron chi connectivity index (χ2n) is 5.58. The monoisotopic (exact) mass is 343 g/mol. The Morgan fingerprint density at radius 1 is 1.17 bits per heavy atom. The van der Waals surface area contributed by atoms with Gasteiger partial charge in [-0.2, -0.15) is 4.31 Å². The number of sulfonamides is 1. The topological polar surface area (TPSA) is 93.1 Å². The second kappa shape index (κ2) is 6.76. The highest BCUT2D eigenvalue weighted by Crippen LogP contribution is 2.32. The first-order chi connectivity index (χ1) is 10.8. The standard InChI is InChI=1S/C15H21NO6S/c1-10-4-5-11(15(17)18)9-16(10)23(19,20)14-7-12(21-2)6-13(8-14)22-3/h6-8,10-11H,4-5,9H2,1-3H3,(H,17,18). The molecule has 0 aromatic heterocycles. The number of carboxylic acids is 1. The number of carboxylic acid groups (broad SMARTS) is 1. The summed E-state index contributed by atoms with van der Waals surface area (Å²) in [7, 11) is -0.954. The fraction of sp³-hybridized carbons (Fsp3) is 0.533. The summed E-state index contributed by atoms with van der Waals surface area (Å²) in [6.45, 7) is 1.76. The Morgan fingerprint density at radius 3 is 2.22 bits per heavy atom. The van der Waals surface area contributed by atoms with E-state index in [1.165, 1.54) is 30.7 Å². The summed E-state index contributed by atoms with van der Waals surface area (Å²) in [5.41, 5.74) is 0. The van der Waals surface area contributed by atoms with Gasteiger partial charge in [0.15, 0.2) is 0 Å². The molecule has 0 amide bonds. The Kier molecular flexibility index (Phi) is 5.16. The zero-order valence-corrected chi connectivity index (χ0v) is 14.2. The Bertz CT molecular complexity index is 665. The van der Waals surface area contributed by atoms with E-state index in [1.54, 1.807) is 13.0 Å². The summed E-state index contributed by atoms with van der Waals surface area (Å²) >= 11 is 0. The molecule has 2 unspecified atom stereocenters. The van der Waals surface area contributed by atoms with Crippen molar-refractivity contribution < 1.29 is 27.8 Å². The van der Waals surface area contributed by atoms with Crippen molar-refractivity contribution in [2.75, 3.05) is 20.8 Å². The molecule has 1 aliphatic rings. The molecule has 1 N–H and O–H groups in total. The van der Waals surface area contributed by atoms with E-state index in [9.17, 15) is 18.3 Å². The highest BCUT2D eigenvalue weighted by molar-refractivity contribution is 7.89. The number of methoxy groups -OCH3 is 2. The Labute approximate surface area is 135 Å². The van der Waals surface area contributed by atoms with Crippen molar-refractivity contribution in [1.82, 2.24) is 4.31 Å². The average Bonchev–Trinajstić information content (AvgIpc) is 2.54. The number of benzene rings is 1. The van der Waals surface area contributed by atoms with Crippen LogP contribution in [0.25, 0.3) is 0 Å². The van der Waals surface area contributed by atoms with E-state index in [1.807, 2.05) is 0 Å². The molecule has 8 heteroatoms. The van der Waals surface area contributed by atoms with E-state index in [-0.39, 0.29) is 17.5 Å². The van der Waals surface area contributed by atoms with Crippen molar-refractivity contribution in [1.29, 1.82) is 0 Å². The van der Waals surface area contributed by atoms with E-state index < -0.39 is 21.9 Å². The van der Waals surface area contributed by atoms with Gasteiger partial charge in [-0.25, -0.2) is 8.42 Å². The quantitative estimate of drug-likeness (QED) is 0.872. The lowest BCUT2D eigenvalue weighted by molar-refractivity contribution is -0.143. The van der Waals surface area contributed by atoms with E-state index in [0.717, 1.165) is 0 Å². The van der Waals surface area contributed by atoms with Gasteiger partial charge in [0.05, 0.1) is 25.0 Å². The molecule has 1 heterocycles. The Hall–Kier alpha value is -1.80. The number of ether oxygens (including phenoxy) is 2. The van der Waals surface area contributed by atoms with Crippen molar-refractivity contribution in [2.45, 2.75) is 30.7 Å². The first kappa shape index (κ1) is 17.6. The van der Waals surface area contributed by atoms with Gasteiger partial charge in [-0.3, -0.25) is 4.79 Å². The van der Waals surface area contributed by atoms with Crippen LogP contribution in [0.4, 0.5) is 0 Å². The van der Waals surface area contributed by atoms with Crippen LogP contribution in [0.15, 0.2) is 23.1 Å². The SMILES string of the molecule is COc1cc(OC)cc(S(=O)(=O)N2CC(C(=O)O)CCC2C)c1.